The number of hydrogen-bond donors (Lipinski definition) is 0. The Labute approximate surface area is 101 Å². The van der Waals surface area contributed by atoms with Crippen molar-refractivity contribution in [3.63, 3.8) is 0 Å². The maximum absolute atomic E-state index is 5.98. The lowest BCUT2D eigenvalue weighted by Gasteiger charge is -2.51. The molecule has 0 spiro atoms. The van der Waals surface area contributed by atoms with Crippen LogP contribution in [-0.4, -0.2) is 19.0 Å². The van der Waals surface area contributed by atoms with Crippen LogP contribution in [0.3, 0.4) is 0 Å². The largest absolute Gasteiger partial charge is 0.380 e. The summed E-state index contributed by atoms with van der Waals surface area (Å²) in [5.74, 6) is 1.34. The summed E-state index contributed by atoms with van der Waals surface area (Å²) in [6.45, 7) is 14.8. The van der Waals surface area contributed by atoms with Crippen LogP contribution in [0.25, 0.3) is 0 Å². The molecule has 1 rings (SSSR count). The van der Waals surface area contributed by atoms with E-state index in [-0.39, 0.29) is 0 Å². The zero-order chi connectivity index (χ0) is 12.4. The molecule has 0 atom stereocenters. The second kappa shape index (κ2) is 5.05. The van der Waals surface area contributed by atoms with E-state index in [1.54, 1.807) is 0 Å². The standard InChI is InChI=1S/C14H27O2/c1-11(2)14(8-7-13(4,5)6)15-9-12(3)10-16-14/h12H,7-10H2,1-6H3/q-1. The summed E-state index contributed by atoms with van der Waals surface area (Å²) in [4.78, 5) is 0. The highest BCUT2D eigenvalue weighted by Crippen LogP contribution is 2.37. The van der Waals surface area contributed by atoms with Crippen LogP contribution in [0.5, 0.6) is 0 Å². The molecule has 0 saturated carbocycles. The van der Waals surface area contributed by atoms with E-state index in [9.17, 15) is 0 Å². The van der Waals surface area contributed by atoms with Gasteiger partial charge in [-0.25, -0.2) is 0 Å². The van der Waals surface area contributed by atoms with Gasteiger partial charge in [0.2, 0.25) is 0 Å². The molecule has 1 aliphatic rings. The summed E-state index contributed by atoms with van der Waals surface area (Å²) in [5, 5.41) is 0. The van der Waals surface area contributed by atoms with E-state index >= 15 is 0 Å². The molecule has 0 aromatic rings. The molecule has 0 radical (unpaired) electrons. The predicted octanol–water partition coefficient (Wildman–Crippen LogP) is 3.81. The van der Waals surface area contributed by atoms with Crippen LogP contribution in [0, 0.1) is 17.3 Å². The van der Waals surface area contributed by atoms with E-state index in [2.05, 4.69) is 41.5 Å². The van der Waals surface area contributed by atoms with Crippen molar-refractivity contribution in [2.24, 2.45) is 11.3 Å². The predicted molar refractivity (Wildman–Crippen MR) is 67.1 cm³/mol. The Hall–Kier alpha value is -0.0800. The Balaban J connectivity index is 2.60. The van der Waals surface area contributed by atoms with Gasteiger partial charge in [0.25, 0.3) is 0 Å². The maximum Gasteiger partial charge on any atom is 0.0515 e. The van der Waals surface area contributed by atoms with Gasteiger partial charge in [0.1, 0.15) is 0 Å². The van der Waals surface area contributed by atoms with Crippen molar-refractivity contribution in [3.8, 4) is 0 Å². The van der Waals surface area contributed by atoms with Crippen LogP contribution < -0.4 is 0 Å². The second-order valence-electron chi connectivity index (χ2n) is 6.54. The van der Waals surface area contributed by atoms with Gasteiger partial charge in [-0.1, -0.05) is 27.7 Å². The summed E-state index contributed by atoms with van der Waals surface area (Å²) in [5.41, 5.74) is 0.332. The van der Waals surface area contributed by atoms with Gasteiger partial charge in [-0.2, -0.15) is 13.8 Å². The van der Waals surface area contributed by atoms with Crippen molar-refractivity contribution in [1.82, 2.24) is 0 Å². The van der Waals surface area contributed by atoms with Crippen LogP contribution in [0.15, 0.2) is 0 Å². The van der Waals surface area contributed by atoms with E-state index in [1.807, 2.05) is 0 Å². The summed E-state index contributed by atoms with van der Waals surface area (Å²) in [7, 11) is 0. The van der Waals surface area contributed by atoms with Crippen LogP contribution in [0.4, 0.5) is 0 Å². The van der Waals surface area contributed by atoms with Gasteiger partial charge in [-0.15, -0.1) is 0 Å². The van der Waals surface area contributed by atoms with Crippen LogP contribution >= 0.6 is 0 Å². The summed E-state index contributed by atoms with van der Waals surface area (Å²) in [6.07, 6.45) is 2.08. The Bertz CT molecular complexity index is 207. The van der Waals surface area contributed by atoms with E-state index in [4.69, 9.17) is 9.47 Å². The minimum atomic E-state index is -0.417. The molecule has 1 heterocycles. The zero-order valence-electron chi connectivity index (χ0n) is 11.7. The number of rotatable bonds is 3. The van der Waals surface area contributed by atoms with Crippen molar-refractivity contribution < 1.29 is 9.47 Å². The van der Waals surface area contributed by atoms with Gasteiger partial charge in [-0.05, 0) is 18.3 Å². The highest BCUT2D eigenvalue weighted by Gasteiger charge is 2.32. The first-order chi connectivity index (χ1) is 7.25. The van der Waals surface area contributed by atoms with Crippen molar-refractivity contribution in [2.75, 3.05) is 13.2 Å². The molecular weight excluding hydrogens is 200 g/mol. The van der Waals surface area contributed by atoms with Gasteiger partial charge in [0.15, 0.2) is 0 Å². The normalized spacial score (nSPS) is 32.1. The van der Waals surface area contributed by atoms with E-state index in [1.165, 1.54) is 5.92 Å². The summed E-state index contributed by atoms with van der Waals surface area (Å²) in [6, 6.07) is 0. The Kier molecular flexibility index (Phi) is 4.42. The Morgan fingerprint density at radius 1 is 1.19 bits per heavy atom. The highest BCUT2D eigenvalue weighted by molar-refractivity contribution is 4.98. The van der Waals surface area contributed by atoms with E-state index in [0.717, 1.165) is 26.1 Å². The lowest BCUT2D eigenvalue weighted by Crippen LogP contribution is -2.47. The molecule has 0 amide bonds. The highest BCUT2D eigenvalue weighted by atomic mass is 16.7. The molecule has 1 saturated heterocycles. The smallest absolute Gasteiger partial charge is 0.0515 e. The van der Waals surface area contributed by atoms with Crippen molar-refractivity contribution in [3.05, 3.63) is 5.92 Å². The topological polar surface area (TPSA) is 18.5 Å². The number of ether oxygens (including phenoxy) is 2. The Morgan fingerprint density at radius 2 is 1.69 bits per heavy atom. The lowest BCUT2D eigenvalue weighted by molar-refractivity contribution is -0.275. The fourth-order valence-corrected chi connectivity index (χ4v) is 1.87. The Morgan fingerprint density at radius 3 is 2.06 bits per heavy atom. The van der Waals surface area contributed by atoms with E-state index in [0.29, 0.717) is 11.3 Å². The van der Waals surface area contributed by atoms with Gasteiger partial charge in [0, 0.05) is 11.7 Å². The zero-order valence-corrected chi connectivity index (χ0v) is 11.7. The average Bonchev–Trinajstić information content (AvgIpc) is 2.16. The van der Waals surface area contributed by atoms with Gasteiger partial charge in [-0.3, -0.25) is 5.92 Å². The third-order valence-corrected chi connectivity index (χ3v) is 3.17. The fourth-order valence-electron chi connectivity index (χ4n) is 1.87. The third-order valence-electron chi connectivity index (χ3n) is 3.17. The van der Waals surface area contributed by atoms with Gasteiger partial charge >= 0.3 is 0 Å². The minimum absolute atomic E-state index is 0.332. The van der Waals surface area contributed by atoms with E-state index < -0.39 is 5.79 Å². The van der Waals surface area contributed by atoms with Crippen LogP contribution in [0.1, 0.15) is 54.4 Å². The molecule has 0 N–H and O–H groups in total. The fraction of sp³-hybridized carbons (Fsp3) is 0.929. The average molecular weight is 227 g/mol. The molecule has 2 heteroatoms. The molecular formula is C14H27O2-. The molecule has 0 unspecified atom stereocenters. The van der Waals surface area contributed by atoms with Crippen molar-refractivity contribution in [2.45, 2.75) is 60.2 Å². The molecule has 2 nitrogen and oxygen atoms in total. The molecule has 0 bridgehead atoms. The lowest BCUT2D eigenvalue weighted by atomic mass is 9.85. The molecule has 0 aromatic carbocycles. The molecule has 16 heavy (non-hydrogen) atoms. The number of hydrogen-bond acceptors (Lipinski definition) is 2. The molecule has 0 aliphatic carbocycles. The summed E-state index contributed by atoms with van der Waals surface area (Å²) >= 11 is 0. The first kappa shape index (κ1) is 14.0. The monoisotopic (exact) mass is 227 g/mol. The van der Waals surface area contributed by atoms with Crippen molar-refractivity contribution in [1.29, 1.82) is 0 Å². The second-order valence-corrected chi connectivity index (χ2v) is 6.54. The first-order valence-electron chi connectivity index (χ1n) is 6.34. The third kappa shape index (κ3) is 3.74. The molecule has 0 aromatic heterocycles. The molecule has 1 aliphatic heterocycles. The SMILES string of the molecule is C[C-](C)C1(CCC(C)(C)C)OCC(C)CO1. The van der Waals surface area contributed by atoms with Crippen LogP contribution in [0.2, 0.25) is 0 Å². The maximum atomic E-state index is 5.98. The van der Waals surface area contributed by atoms with Gasteiger partial charge in [0.05, 0.1) is 13.2 Å². The van der Waals surface area contributed by atoms with Crippen LogP contribution in [-0.2, 0) is 9.47 Å². The first-order valence-corrected chi connectivity index (χ1v) is 6.34. The quantitative estimate of drug-likeness (QED) is 0.683. The molecule has 96 valence electrons. The molecule has 1 fully saturated rings. The van der Waals surface area contributed by atoms with Gasteiger partial charge < -0.3 is 9.47 Å². The minimum Gasteiger partial charge on any atom is -0.380 e. The summed E-state index contributed by atoms with van der Waals surface area (Å²) < 4.78 is 12.0. The van der Waals surface area contributed by atoms with Crippen molar-refractivity contribution >= 4 is 0 Å².